The lowest BCUT2D eigenvalue weighted by molar-refractivity contribution is 0.0604. The van der Waals surface area contributed by atoms with Gasteiger partial charge in [-0.05, 0) is 36.4 Å². The second-order valence-electron chi connectivity index (χ2n) is 3.70. The molecule has 1 aromatic heterocycles. The van der Waals surface area contributed by atoms with Gasteiger partial charge in [0.05, 0.1) is 7.11 Å². The van der Waals surface area contributed by atoms with Gasteiger partial charge in [-0.15, -0.1) is 11.3 Å². The number of rotatable bonds is 2. The number of ether oxygens (including phenoxy) is 1. The largest absolute Gasteiger partial charge is 0.465 e. The van der Waals surface area contributed by atoms with E-state index >= 15 is 0 Å². The van der Waals surface area contributed by atoms with Crippen LogP contribution in [0, 0.1) is 0 Å². The number of hydrogen-bond donors (Lipinski definition) is 1. The monoisotopic (exact) mass is 225 g/mol. The molecule has 1 N–H and O–H groups in total. The summed E-state index contributed by atoms with van der Waals surface area (Å²) >= 11 is 1.46. The van der Waals surface area contributed by atoms with Crippen molar-refractivity contribution in [1.29, 1.82) is 0 Å². The fraction of sp³-hybridized carbons (Fsp3) is 0.545. The van der Waals surface area contributed by atoms with Crippen molar-refractivity contribution in [2.24, 2.45) is 0 Å². The molecule has 1 atom stereocenters. The first-order valence-electron chi connectivity index (χ1n) is 5.22. The van der Waals surface area contributed by atoms with E-state index in [-0.39, 0.29) is 5.97 Å². The topological polar surface area (TPSA) is 38.3 Å². The lowest BCUT2D eigenvalue weighted by Gasteiger charge is -2.23. The number of esters is 1. The van der Waals surface area contributed by atoms with Gasteiger partial charge in [0, 0.05) is 6.04 Å². The van der Waals surface area contributed by atoms with Crippen LogP contribution in [0.4, 0.5) is 0 Å². The molecule has 1 saturated heterocycles. The van der Waals surface area contributed by atoms with Crippen molar-refractivity contribution in [1.82, 2.24) is 5.32 Å². The number of hydrogen-bond acceptors (Lipinski definition) is 4. The fourth-order valence-electron chi connectivity index (χ4n) is 1.97. The molecule has 3 nitrogen and oxygen atoms in total. The molecule has 1 aromatic rings. The van der Waals surface area contributed by atoms with Crippen molar-refractivity contribution < 1.29 is 9.53 Å². The molecule has 0 aromatic carbocycles. The maximum atomic E-state index is 11.5. The molecule has 15 heavy (non-hydrogen) atoms. The summed E-state index contributed by atoms with van der Waals surface area (Å²) in [5.74, 6) is -0.215. The molecule has 0 amide bonds. The van der Waals surface area contributed by atoms with Crippen LogP contribution in [0.3, 0.4) is 0 Å². The molecule has 0 saturated carbocycles. The normalized spacial score (nSPS) is 21.3. The highest BCUT2D eigenvalue weighted by Gasteiger charge is 2.22. The summed E-state index contributed by atoms with van der Waals surface area (Å²) < 4.78 is 4.77. The summed E-state index contributed by atoms with van der Waals surface area (Å²) in [5.41, 5.74) is 1.10. The van der Waals surface area contributed by atoms with Crippen LogP contribution in [0.25, 0.3) is 0 Å². The van der Waals surface area contributed by atoms with Gasteiger partial charge in [0.2, 0.25) is 0 Å². The van der Waals surface area contributed by atoms with Crippen LogP contribution in [0.5, 0.6) is 0 Å². The molecule has 1 unspecified atom stereocenters. The molecule has 1 aliphatic rings. The first-order valence-corrected chi connectivity index (χ1v) is 6.10. The molecular weight excluding hydrogens is 210 g/mol. The second kappa shape index (κ2) is 4.77. The summed E-state index contributed by atoms with van der Waals surface area (Å²) in [5, 5.41) is 5.40. The zero-order chi connectivity index (χ0) is 10.7. The molecule has 0 aliphatic carbocycles. The first kappa shape index (κ1) is 10.6. The van der Waals surface area contributed by atoms with Gasteiger partial charge in [-0.1, -0.05) is 6.42 Å². The number of thiophene rings is 1. The third-order valence-electron chi connectivity index (χ3n) is 2.75. The van der Waals surface area contributed by atoms with Gasteiger partial charge in [0.25, 0.3) is 0 Å². The summed E-state index contributed by atoms with van der Waals surface area (Å²) in [6.07, 6.45) is 3.57. The number of piperidine rings is 1. The average Bonchev–Trinajstić information content (AvgIpc) is 2.78. The predicted molar refractivity (Wildman–Crippen MR) is 60.3 cm³/mol. The minimum Gasteiger partial charge on any atom is -0.465 e. The SMILES string of the molecule is COC(=O)c1sccc1C1CCCCN1. The van der Waals surface area contributed by atoms with Crippen LogP contribution in [0.15, 0.2) is 11.4 Å². The van der Waals surface area contributed by atoms with Gasteiger partial charge in [0.15, 0.2) is 0 Å². The Labute approximate surface area is 93.4 Å². The summed E-state index contributed by atoms with van der Waals surface area (Å²) in [6.45, 7) is 1.04. The highest BCUT2D eigenvalue weighted by molar-refractivity contribution is 7.12. The van der Waals surface area contributed by atoms with Crippen molar-refractivity contribution in [3.63, 3.8) is 0 Å². The van der Waals surface area contributed by atoms with Gasteiger partial charge in [-0.3, -0.25) is 0 Å². The lowest BCUT2D eigenvalue weighted by Crippen LogP contribution is -2.27. The van der Waals surface area contributed by atoms with Crippen LogP contribution < -0.4 is 5.32 Å². The maximum Gasteiger partial charge on any atom is 0.348 e. The van der Waals surface area contributed by atoms with E-state index in [4.69, 9.17) is 4.74 Å². The van der Waals surface area contributed by atoms with Gasteiger partial charge < -0.3 is 10.1 Å². The van der Waals surface area contributed by atoms with Gasteiger partial charge in [-0.2, -0.15) is 0 Å². The molecule has 2 rings (SSSR count). The molecule has 0 bridgehead atoms. The van der Waals surface area contributed by atoms with Gasteiger partial charge in [0.1, 0.15) is 4.88 Å². The summed E-state index contributed by atoms with van der Waals surface area (Å²) in [4.78, 5) is 12.2. The quantitative estimate of drug-likeness (QED) is 0.785. The molecule has 82 valence electrons. The van der Waals surface area contributed by atoms with Gasteiger partial charge in [-0.25, -0.2) is 4.79 Å². The van der Waals surface area contributed by atoms with Crippen molar-refractivity contribution in [2.45, 2.75) is 25.3 Å². The van der Waals surface area contributed by atoms with Crippen LogP contribution in [-0.2, 0) is 4.74 Å². The van der Waals surface area contributed by atoms with Crippen LogP contribution in [0.2, 0.25) is 0 Å². The van der Waals surface area contributed by atoms with Crippen LogP contribution >= 0.6 is 11.3 Å². The number of carbonyl (C=O) groups excluding carboxylic acids is 1. The zero-order valence-corrected chi connectivity index (χ0v) is 9.60. The lowest BCUT2D eigenvalue weighted by atomic mass is 9.98. The number of methoxy groups -OCH3 is 1. The predicted octanol–water partition coefficient (Wildman–Crippen LogP) is 2.35. The Morgan fingerprint density at radius 2 is 2.47 bits per heavy atom. The molecular formula is C11H15NO2S. The molecule has 1 fully saturated rings. The Hall–Kier alpha value is -0.870. The zero-order valence-electron chi connectivity index (χ0n) is 8.79. The fourth-order valence-corrected chi connectivity index (χ4v) is 2.85. The molecule has 1 aliphatic heterocycles. The number of carbonyl (C=O) groups is 1. The highest BCUT2D eigenvalue weighted by Crippen LogP contribution is 2.29. The average molecular weight is 225 g/mol. The standard InChI is InChI=1S/C11H15NO2S/c1-14-11(13)10-8(5-7-15-10)9-4-2-3-6-12-9/h5,7,9,12H,2-4,6H2,1H3. The second-order valence-corrected chi connectivity index (χ2v) is 4.62. The van der Waals surface area contributed by atoms with Crippen molar-refractivity contribution in [3.05, 3.63) is 21.9 Å². The Kier molecular flexibility index (Phi) is 3.38. The minimum atomic E-state index is -0.215. The van der Waals surface area contributed by atoms with Gasteiger partial charge >= 0.3 is 5.97 Å². The van der Waals surface area contributed by atoms with E-state index in [2.05, 4.69) is 5.32 Å². The molecule has 2 heterocycles. The smallest absolute Gasteiger partial charge is 0.348 e. The van der Waals surface area contributed by atoms with Crippen LogP contribution in [0.1, 0.15) is 40.5 Å². The van der Waals surface area contributed by atoms with E-state index in [0.29, 0.717) is 6.04 Å². The van der Waals surface area contributed by atoms with Crippen molar-refractivity contribution in [2.75, 3.05) is 13.7 Å². The van der Waals surface area contributed by atoms with E-state index in [9.17, 15) is 4.79 Å². The van der Waals surface area contributed by atoms with E-state index in [1.807, 2.05) is 11.4 Å². The highest BCUT2D eigenvalue weighted by atomic mass is 32.1. The Morgan fingerprint density at radius 3 is 3.13 bits per heavy atom. The third-order valence-corrected chi connectivity index (χ3v) is 3.66. The Bertz CT molecular complexity index is 342. The minimum absolute atomic E-state index is 0.215. The molecule has 4 heteroatoms. The van der Waals surface area contributed by atoms with E-state index < -0.39 is 0 Å². The third kappa shape index (κ3) is 2.21. The van der Waals surface area contributed by atoms with Crippen molar-refractivity contribution in [3.8, 4) is 0 Å². The molecule has 0 radical (unpaired) electrons. The van der Waals surface area contributed by atoms with E-state index in [0.717, 1.165) is 23.4 Å². The first-order chi connectivity index (χ1) is 7.33. The summed E-state index contributed by atoms with van der Waals surface area (Å²) in [6, 6.07) is 2.36. The maximum absolute atomic E-state index is 11.5. The van der Waals surface area contributed by atoms with E-state index in [1.165, 1.54) is 31.3 Å². The van der Waals surface area contributed by atoms with Crippen LogP contribution in [-0.4, -0.2) is 19.6 Å². The van der Waals surface area contributed by atoms with E-state index in [1.54, 1.807) is 0 Å². The Morgan fingerprint density at radius 1 is 1.60 bits per heavy atom. The summed E-state index contributed by atoms with van der Waals surface area (Å²) in [7, 11) is 1.43. The van der Waals surface area contributed by atoms with Crippen molar-refractivity contribution >= 4 is 17.3 Å². The molecule has 0 spiro atoms. The Balaban J connectivity index is 2.19. The number of nitrogens with one attached hydrogen (secondary N) is 1.